The molecule has 1 aliphatic rings. The molecule has 0 amide bonds. The topological polar surface area (TPSA) is 90.0 Å². The van der Waals surface area contributed by atoms with Crippen LogP contribution in [0.2, 0.25) is 0 Å². The number of hydrogen-bond acceptors (Lipinski definition) is 4. The molecule has 18 heavy (non-hydrogen) atoms. The fourth-order valence-corrected chi connectivity index (χ4v) is 4.15. The van der Waals surface area contributed by atoms with Crippen LogP contribution >= 0.6 is 0 Å². The van der Waals surface area contributed by atoms with Crippen molar-refractivity contribution >= 4 is 15.8 Å². The standard InChI is InChI=1S/C11H20N4O2S/c1-7-4-5-9(6-7)14-18(16,17)10-8(2)15(3)13-11(10)12/h7,9,14H,4-6H2,1-3H3,(H2,12,13). The number of nitrogens with zero attached hydrogens (tertiary/aromatic N) is 2. The Morgan fingerprint density at radius 1 is 1.44 bits per heavy atom. The predicted molar refractivity (Wildman–Crippen MR) is 69.5 cm³/mol. The molecule has 102 valence electrons. The zero-order valence-corrected chi connectivity index (χ0v) is 11.8. The van der Waals surface area contributed by atoms with Crippen molar-refractivity contribution in [1.29, 1.82) is 0 Å². The summed E-state index contributed by atoms with van der Waals surface area (Å²) in [6.07, 6.45) is 2.84. The van der Waals surface area contributed by atoms with Crippen molar-refractivity contribution in [3.63, 3.8) is 0 Å². The van der Waals surface area contributed by atoms with E-state index in [0.717, 1.165) is 19.3 Å². The third-order valence-corrected chi connectivity index (χ3v) is 5.28. The number of sulfonamides is 1. The van der Waals surface area contributed by atoms with Crippen LogP contribution in [0.25, 0.3) is 0 Å². The van der Waals surface area contributed by atoms with E-state index in [1.807, 2.05) is 0 Å². The molecule has 0 spiro atoms. The summed E-state index contributed by atoms with van der Waals surface area (Å²) in [6.45, 7) is 3.84. The van der Waals surface area contributed by atoms with Crippen LogP contribution < -0.4 is 10.5 Å². The summed E-state index contributed by atoms with van der Waals surface area (Å²) in [5.74, 6) is 0.638. The Labute approximate surface area is 108 Å². The van der Waals surface area contributed by atoms with Crippen molar-refractivity contribution in [3.8, 4) is 0 Å². The van der Waals surface area contributed by atoms with Gasteiger partial charge in [0.1, 0.15) is 4.90 Å². The highest BCUT2D eigenvalue weighted by atomic mass is 32.2. The van der Waals surface area contributed by atoms with E-state index in [2.05, 4.69) is 16.7 Å². The van der Waals surface area contributed by atoms with Crippen molar-refractivity contribution in [2.45, 2.75) is 44.0 Å². The lowest BCUT2D eigenvalue weighted by Crippen LogP contribution is -2.33. The number of nitrogens with two attached hydrogens (primary N) is 1. The minimum absolute atomic E-state index is 0.0176. The van der Waals surface area contributed by atoms with Crippen LogP contribution in [-0.4, -0.2) is 24.2 Å². The van der Waals surface area contributed by atoms with Gasteiger partial charge in [-0.05, 0) is 32.1 Å². The Morgan fingerprint density at radius 3 is 2.56 bits per heavy atom. The second-order valence-corrected chi connectivity index (χ2v) is 6.81. The minimum Gasteiger partial charge on any atom is -0.381 e. The highest BCUT2D eigenvalue weighted by Crippen LogP contribution is 2.27. The van der Waals surface area contributed by atoms with E-state index in [4.69, 9.17) is 5.73 Å². The first-order chi connectivity index (χ1) is 8.31. The maximum absolute atomic E-state index is 12.3. The van der Waals surface area contributed by atoms with Crippen LogP contribution in [0.4, 0.5) is 5.82 Å². The molecule has 0 aromatic carbocycles. The molecular formula is C11H20N4O2S. The number of nitrogens with one attached hydrogen (secondary N) is 1. The molecule has 3 N–H and O–H groups in total. The average Bonchev–Trinajstić information content (AvgIpc) is 2.72. The first-order valence-corrected chi connectivity index (χ1v) is 7.61. The first-order valence-electron chi connectivity index (χ1n) is 6.12. The molecule has 0 bridgehead atoms. The van der Waals surface area contributed by atoms with Crippen LogP contribution in [0.3, 0.4) is 0 Å². The smallest absolute Gasteiger partial charge is 0.246 e. The van der Waals surface area contributed by atoms with Crippen LogP contribution in [0.15, 0.2) is 4.90 Å². The first kappa shape index (κ1) is 13.4. The quantitative estimate of drug-likeness (QED) is 0.850. The molecule has 0 aliphatic heterocycles. The Bertz CT molecular complexity index is 550. The summed E-state index contributed by atoms with van der Waals surface area (Å²) < 4.78 is 28.8. The van der Waals surface area contributed by atoms with Gasteiger partial charge in [-0.1, -0.05) is 6.92 Å². The van der Waals surface area contributed by atoms with Gasteiger partial charge < -0.3 is 5.73 Å². The molecule has 2 atom stereocenters. The van der Waals surface area contributed by atoms with Crippen LogP contribution in [0.5, 0.6) is 0 Å². The Kier molecular flexibility index (Phi) is 3.37. The highest BCUT2D eigenvalue weighted by molar-refractivity contribution is 7.89. The molecule has 0 saturated heterocycles. The van der Waals surface area contributed by atoms with Crippen molar-refractivity contribution in [2.75, 3.05) is 5.73 Å². The van der Waals surface area contributed by atoms with E-state index in [9.17, 15) is 8.42 Å². The Morgan fingerprint density at radius 2 is 2.11 bits per heavy atom. The van der Waals surface area contributed by atoms with E-state index in [-0.39, 0.29) is 16.8 Å². The van der Waals surface area contributed by atoms with Gasteiger partial charge in [-0.2, -0.15) is 5.10 Å². The lowest BCUT2D eigenvalue weighted by atomic mass is 10.1. The van der Waals surface area contributed by atoms with Crippen molar-refractivity contribution in [3.05, 3.63) is 5.69 Å². The van der Waals surface area contributed by atoms with Crippen molar-refractivity contribution < 1.29 is 8.42 Å². The number of anilines is 1. The molecule has 1 aliphatic carbocycles. The van der Waals surface area contributed by atoms with Gasteiger partial charge in [-0.15, -0.1) is 0 Å². The molecule has 0 radical (unpaired) electrons. The SMILES string of the molecule is Cc1c(S(=O)(=O)NC2CCC(C)C2)c(N)nn1C. The molecule has 1 aromatic rings. The normalized spacial score (nSPS) is 24.6. The molecule has 7 heteroatoms. The minimum atomic E-state index is -3.57. The molecule has 6 nitrogen and oxygen atoms in total. The molecule has 2 unspecified atom stereocenters. The van der Waals surface area contributed by atoms with Gasteiger partial charge in [0, 0.05) is 13.1 Å². The predicted octanol–water partition coefficient (Wildman–Crippen LogP) is 0.778. The summed E-state index contributed by atoms with van der Waals surface area (Å²) in [6, 6.07) is 0.0176. The maximum Gasteiger partial charge on any atom is 0.246 e. The fraction of sp³-hybridized carbons (Fsp3) is 0.727. The van der Waals surface area contributed by atoms with E-state index in [1.165, 1.54) is 4.68 Å². The fourth-order valence-electron chi connectivity index (χ4n) is 2.54. The summed E-state index contributed by atoms with van der Waals surface area (Å²) in [5.41, 5.74) is 6.24. The van der Waals surface area contributed by atoms with Crippen LogP contribution in [0, 0.1) is 12.8 Å². The van der Waals surface area contributed by atoms with Gasteiger partial charge in [0.15, 0.2) is 5.82 Å². The molecular weight excluding hydrogens is 252 g/mol. The Hall–Kier alpha value is -1.08. The molecule has 2 rings (SSSR count). The van der Waals surface area contributed by atoms with Crippen molar-refractivity contribution in [2.24, 2.45) is 13.0 Å². The molecule has 1 fully saturated rings. The van der Waals surface area contributed by atoms with E-state index in [0.29, 0.717) is 11.6 Å². The number of aromatic nitrogens is 2. The van der Waals surface area contributed by atoms with E-state index in [1.54, 1.807) is 14.0 Å². The second kappa shape index (κ2) is 4.55. The number of aryl methyl sites for hydroxylation is 1. The van der Waals surface area contributed by atoms with Gasteiger partial charge in [0.25, 0.3) is 0 Å². The van der Waals surface area contributed by atoms with Gasteiger partial charge in [-0.25, -0.2) is 13.1 Å². The van der Waals surface area contributed by atoms with Gasteiger partial charge >= 0.3 is 0 Å². The lowest BCUT2D eigenvalue weighted by Gasteiger charge is -2.13. The zero-order chi connectivity index (χ0) is 13.5. The second-order valence-electron chi connectivity index (χ2n) is 5.16. The number of rotatable bonds is 3. The third kappa shape index (κ3) is 2.37. The number of hydrogen-bond donors (Lipinski definition) is 2. The van der Waals surface area contributed by atoms with E-state index >= 15 is 0 Å². The summed E-state index contributed by atoms with van der Waals surface area (Å²) in [5, 5.41) is 3.94. The number of nitrogen functional groups attached to an aromatic ring is 1. The third-order valence-electron chi connectivity index (χ3n) is 3.59. The highest BCUT2D eigenvalue weighted by Gasteiger charge is 2.30. The zero-order valence-electron chi connectivity index (χ0n) is 11.0. The summed E-state index contributed by atoms with van der Waals surface area (Å²) in [4.78, 5) is 0.115. The molecule has 1 aromatic heterocycles. The maximum atomic E-state index is 12.3. The van der Waals surface area contributed by atoms with E-state index < -0.39 is 10.0 Å². The van der Waals surface area contributed by atoms with Gasteiger partial charge in [0.2, 0.25) is 10.0 Å². The van der Waals surface area contributed by atoms with Gasteiger partial charge in [0.05, 0.1) is 5.69 Å². The lowest BCUT2D eigenvalue weighted by molar-refractivity contribution is 0.538. The van der Waals surface area contributed by atoms with Gasteiger partial charge in [-0.3, -0.25) is 4.68 Å². The molecule has 1 saturated carbocycles. The van der Waals surface area contributed by atoms with Crippen LogP contribution in [0.1, 0.15) is 31.9 Å². The largest absolute Gasteiger partial charge is 0.381 e. The molecule has 1 heterocycles. The Balaban J connectivity index is 2.26. The summed E-state index contributed by atoms with van der Waals surface area (Å²) >= 11 is 0. The van der Waals surface area contributed by atoms with Crippen LogP contribution in [-0.2, 0) is 17.1 Å². The van der Waals surface area contributed by atoms with Crippen molar-refractivity contribution in [1.82, 2.24) is 14.5 Å². The average molecular weight is 272 g/mol. The monoisotopic (exact) mass is 272 g/mol. The summed E-state index contributed by atoms with van der Waals surface area (Å²) in [7, 11) is -1.88.